The van der Waals surface area contributed by atoms with Crippen LogP contribution < -0.4 is 0 Å². The fourth-order valence-corrected chi connectivity index (χ4v) is 2.73. The monoisotopic (exact) mass is 366 g/mol. The summed E-state index contributed by atoms with van der Waals surface area (Å²) in [6, 6.07) is 0. The van der Waals surface area contributed by atoms with E-state index in [2.05, 4.69) is 0 Å². The number of carbonyl (C=O) groups is 1. The number of aliphatic hydroxyl groups is 6. The standard InChI is InChI=1S/C13H23BO11/c1-14-24-7(3-16)12(25-14)8(18)5(17)4-22-13-11(21)10(20)9(19)6(2-15)23-13/h3,5-13,15,17-21H,2,4H2,1H3/t5-,6-,7?,8-,9-,10+,11-,12-,13-/m1/s1. The summed E-state index contributed by atoms with van der Waals surface area (Å²) in [5.74, 6) is 0. The van der Waals surface area contributed by atoms with Gasteiger partial charge in [0.1, 0.15) is 55.1 Å². The third-order valence-electron chi connectivity index (χ3n) is 4.17. The summed E-state index contributed by atoms with van der Waals surface area (Å²) in [6.45, 7) is 0.367. The van der Waals surface area contributed by atoms with Crippen LogP contribution in [0.2, 0.25) is 6.82 Å². The number of carbonyl (C=O) groups excluding carboxylic acids is 1. The first-order valence-corrected chi connectivity index (χ1v) is 7.84. The van der Waals surface area contributed by atoms with Crippen LogP contribution in [0, 0.1) is 0 Å². The molecule has 0 aromatic heterocycles. The van der Waals surface area contributed by atoms with Crippen LogP contribution in [0.25, 0.3) is 0 Å². The highest BCUT2D eigenvalue weighted by atomic mass is 16.7. The van der Waals surface area contributed by atoms with Gasteiger partial charge < -0.3 is 54.2 Å². The molecule has 0 aromatic carbocycles. The molecule has 12 heteroatoms. The summed E-state index contributed by atoms with van der Waals surface area (Å²) in [5.41, 5.74) is 0. The molecule has 0 bridgehead atoms. The molecule has 0 spiro atoms. The van der Waals surface area contributed by atoms with E-state index < -0.39 is 75.5 Å². The first-order chi connectivity index (χ1) is 11.8. The molecule has 2 aliphatic heterocycles. The van der Waals surface area contributed by atoms with Gasteiger partial charge in [-0.3, -0.25) is 0 Å². The molecule has 2 saturated heterocycles. The molecule has 2 aliphatic rings. The van der Waals surface area contributed by atoms with Crippen molar-refractivity contribution in [3.05, 3.63) is 0 Å². The van der Waals surface area contributed by atoms with E-state index in [0.717, 1.165) is 0 Å². The van der Waals surface area contributed by atoms with Crippen LogP contribution in [0.1, 0.15) is 0 Å². The molecular formula is C13H23BO11. The quantitative estimate of drug-likeness (QED) is 0.190. The first kappa shape index (κ1) is 20.6. The average molecular weight is 366 g/mol. The van der Waals surface area contributed by atoms with Crippen LogP contribution in [0.3, 0.4) is 0 Å². The van der Waals surface area contributed by atoms with Gasteiger partial charge in [-0.25, -0.2) is 0 Å². The zero-order valence-electron chi connectivity index (χ0n) is 13.5. The van der Waals surface area contributed by atoms with Crippen molar-refractivity contribution >= 4 is 13.4 Å². The largest absolute Gasteiger partial charge is 0.454 e. The zero-order chi connectivity index (χ0) is 18.7. The Morgan fingerprint density at radius 2 is 1.84 bits per heavy atom. The topological polar surface area (TPSA) is 175 Å². The van der Waals surface area contributed by atoms with Crippen molar-refractivity contribution in [1.82, 2.24) is 0 Å². The molecule has 0 radical (unpaired) electrons. The normalized spacial score (nSPS) is 41.6. The third kappa shape index (κ3) is 4.55. The van der Waals surface area contributed by atoms with E-state index in [0.29, 0.717) is 6.29 Å². The minimum absolute atomic E-state index is 0.447. The van der Waals surface area contributed by atoms with Crippen LogP contribution in [0.4, 0.5) is 0 Å². The summed E-state index contributed by atoms with van der Waals surface area (Å²) in [6.07, 6.45) is -12.1. The highest BCUT2D eigenvalue weighted by Gasteiger charge is 2.46. The second kappa shape index (κ2) is 8.82. The Hall–Kier alpha value is -0.665. The van der Waals surface area contributed by atoms with Gasteiger partial charge in [-0.15, -0.1) is 0 Å². The number of rotatable bonds is 7. The molecule has 0 saturated carbocycles. The lowest BCUT2D eigenvalue weighted by Gasteiger charge is -2.40. The number of ether oxygens (including phenoxy) is 2. The minimum Gasteiger partial charge on any atom is -0.403 e. The molecule has 9 atom stereocenters. The Labute approximate surface area is 143 Å². The van der Waals surface area contributed by atoms with Crippen molar-refractivity contribution in [3.63, 3.8) is 0 Å². The second-order valence-corrected chi connectivity index (χ2v) is 5.99. The van der Waals surface area contributed by atoms with Gasteiger partial charge in [0.05, 0.1) is 13.2 Å². The molecule has 6 N–H and O–H groups in total. The lowest BCUT2D eigenvalue weighted by molar-refractivity contribution is -0.306. The fraction of sp³-hybridized carbons (Fsp3) is 0.923. The van der Waals surface area contributed by atoms with Crippen LogP contribution in [-0.2, 0) is 23.6 Å². The SMILES string of the molecule is CB1OC(C=O)[C@H]([C@H](O)[C@H](O)CO[C@@H]2O[C@H](CO)[C@@H](O)[C@H](O)[C@H]2O)O1. The van der Waals surface area contributed by atoms with Crippen molar-refractivity contribution in [2.75, 3.05) is 13.2 Å². The molecular weight excluding hydrogens is 343 g/mol. The van der Waals surface area contributed by atoms with Crippen LogP contribution in [0.15, 0.2) is 0 Å². The third-order valence-corrected chi connectivity index (χ3v) is 4.17. The van der Waals surface area contributed by atoms with Gasteiger partial charge >= 0.3 is 7.12 Å². The minimum atomic E-state index is -1.63. The lowest BCUT2D eigenvalue weighted by atomic mass is 9.96. The van der Waals surface area contributed by atoms with Crippen LogP contribution >= 0.6 is 0 Å². The zero-order valence-corrected chi connectivity index (χ0v) is 13.5. The van der Waals surface area contributed by atoms with E-state index >= 15 is 0 Å². The predicted octanol–water partition coefficient (Wildman–Crippen LogP) is -4.37. The maximum absolute atomic E-state index is 10.9. The number of hydrogen-bond acceptors (Lipinski definition) is 11. The average Bonchev–Trinajstić information content (AvgIpc) is 2.99. The van der Waals surface area contributed by atoms with Gasteiger partial charge in [0.15, 0.2) is 6.29 Å². The summed E-state index contributed by atoms with van der Waals surface area (Å²) in [4.78, 5) is 10.9. The molecule has 0 aliphatic carbocycles. The summed E-state index contributed by atoms with van der Waals surface area (Å²) < 4.78 is 20.6. The highest BCUT2D eigenvalue weighted by molar-refractivity contribution is 6.43. The van der Waals surface area contributed by atoms with Crippen LogP contribution in [-0.4, -0.2) is 112 Å². The molecule has 144 valence electrons. The van der Waals surface area contributed by atoms with Crippen molar-refractivity contribution in [2.24, 2.45) is 0 Å². The van der Waals surface area contributed by atoms with Gasteiger partial charge in [-0.2, -0.15) is 0 Å². The molecule has 0 aromatic rings. The molecule has 2 heterocycles. The maximum Gasteiger partial charge on any atom is 0.454 e. The highest BCUT2D eigenvalue weighted by Crippen LogP contribution is 2.24. The lowest BCUT2D eigenvalue weighted by Crippen LogP contribution is -2.59. The second-order valence-electron chi connectivity index (χ2n) is 5.99. The number of hydrogen-bond donors (Lipinski definition) is 6. The first-order valence-electron chi connectivity index (χ1n) is 7.84. The molecule has 0 amide bonds. The van der Waals surface area contributed by atoms with E-state index in [9.17, 15) is 30.3 Å². The van der Waals surface area contributed by atoms with E-state index in [4.69, 9.17) is 23.9 Å². The summed E-state index contributed by atoms with van der Waals surface area (Å²) in [7, 11) is -0.728. The summed E-state index contributed by atoms with van der Waals surface area (Å²) in [5, 5.41) is 58.3. The number of aldehydes is 1. The van der Waals surface area contributed by atoms with Gasteiger partial charge in [-0.05, 0) is 6.82 Å². The van der Waals surface area contributed by atoms with Gasteiger partial charge in [-0.1, -0.05) is 0 Å². The fourth-order valence-electron chi connectivity index (χ4n) is 2.73. The molecule has 11 nitrogen and oxygen atoms in total. The Balaban J connectivity index is 1.90. The van der Waals surface area contributed by atoms with E-state index in [1.165, 1.54) is 6.82 Å². The smallest absolute Gasteiger partial charge is 0.403 e. The molecule has 2 rings (SSSR count). The molecule has 2 fully saturated rings. The van der Waals surface area contributed by atoms with Crippen molar-refractivity contribution in [2.45, 2.75) is 61.9 Å². The van der Waals surface area contributed by atoms with Gasteiger partial charge in [0, 0.05) is 0 Å². The van der Waals surface area contributed by atoms with E-state index in [1.54, 1.807) is 0 Å². The Kier molecular flexibility index (Phi) is 7.28. The number of aliphatic hydroxyl groups excluding tert-OH is 6. The Morgan fingerprint density at radius 3 is 2.44 bits per heavy atom. The van der Waals surface area contributed by atoms with Gasteiger partial charge in [0.25, 0.3) is 0 Å². The van der Waals surface area contributed by atoms with E-state index in [-0.39, 0.29) is 0 Å². The van der Waals surface area contributed by atoms with E-state index in [1.807, 2.05) is 0 Å². The Morgan fingerprint density at radius 1 is 1.16 bits per heavy atom. The van der Waals surface area contributed by atoms with Crippen molar-refractivity contribution < 1.29 is 54.2 Å². The molecule has 1 unspecified atom stereocenters. The predicted molar refractivity (Wildman–Crippen MR) is 79.2 cm³/mol. The van der Waals surface area contributed by atoms with Crippen molar-refractivity contribution in [1.29, 1.82) is 0 Å². The molecule has 25 heavy (non-hydrogen) atoms. The maximum atomic E-state index is 10.9. The van der Waals surface area contributed by atoms with Crippen molar-refractivity contribution in [3.8, 4) is 0 Å². The van der Waals surface area contributed by atoms with Gasteiger partial charge in [0.2, 0.25) is 0 Å². The van der Waals surface area contributed by atoms with Crippen LogP contribution in [0.5, 0.6) is 0 Å². The summed E-state index contributed by atoms with van der Waals surface area (Å²) >= 11 is 0. The Bertz CT molecular complexity index is 438.